The van der Waals surface area contributed by atoms with E-state index in [9.17, 15) is 0 Å². The van der Waals surface area contributed by atoms with Crippen LogP contribution in [-0.2, 0) is 44.7 Å². The van der Waals surface area contributed by atoms with Gasteiger partial charge in [0, 0.05) is 0 Å². The normalized spacial score (nSPS) is 13.8. The van der Waals surface area contributed by atoms with E-state index in [0.29, 0.717) is 0 Å². The van der Waals surface area contributed by atoms with Gasteiger partial charge in [0.1, 0.15) is 0 Å². The summed E-state index contributed by atoms with van der Waals surface area (Å²) in [6, 6.07) is 28.4. The standard InChI is InChI=1S/C38H33N3S.Pt/c1-37(2,3)24-17-27-23-8-7-9-26(16-23)42-32-15-13-22-11-10-21-12-14-31(39-33(21)34(22)40-32)30-20-25(38(4,5)6)19-29-28(18-24)35(27)41-36(29)30;/h7-9,12-15,17-20H,10-11H2,1-6H3;/q-2;+2. The van der Waals surface area contributed by atoms with Gasteiger partial charge >= 0.3 is 21.1 Å². The number of aromatic nitrogens is 3. The third-order valence-electron chi connectivity index (χ3n) is 8.83. The average molecular weight is 759 g/mol. The van der Waals surface area contributed by atoms with E-state index in [-0.39, 0.29) is 31.9 Å². The Balaban J connectivity index is 0.00000300. The summed E-state index contributed by atoms with van der Waals surface area (Å²) in [5, 5.41) is 3.36. The van der Waals surface area contributed by atoms with Crippen molar-refractivity contribution in [1.82, 2.24) is 15.0 Å². The number of hydrogen-bond acceptors (Lipinski definition) is 3. The molecule has 1 aliphatic carbocycles. The summed E-state index contributed by atoms with van der Waals surface area (Å²) in [5.41, 5.74) is 13.3. The largest absolute Gasteiger partial charge is 2.00 e. The molecule has 0 radical (unpaired) electrons. The fourth-order valence-corrected chi connectivity index (χ4v) is 7.13. The van der Waals surface area contributed by atoms with Gasteiger partial charge in [-0.3, -0.25) is 0 Å². The number of aryl methyl sites for hydroxylation is 2. The van der Waals surface area contributed by atoms with E-state index in [2.05, 4.69) is 114 Å². The zero-order valence-corrected chi connectivity index (χ0v) is 28.4. The van der Waals surface area contributed by atoms with Gasteiger partial charge in [-0.1, -0.05) is 100 Å². The molecular formula is C38H33N3PtS. The maximum atomic E-state index is 5.44. The van der Waals surface area contributed by atoms with E-state index in [1.807, 2.05) is 0 Å². The first-order valence-corrected chi connectivity index (χ1v) is 15.6. The smallest absolute Gasteiger partial charge is 0.664 e. The SMILES string of the molecule is CC(C)(C)c1cc2c3[n-]c4c(cc(C(C)(C)C)cc4c3c1)-c1ccc3c(n1)-c1nc(ccc1CC3)Sc1[c-]c-2ccc1.[Pt+2]. The fraction of sp³-hybridized carbons (Fsp3) is 0.263. The van der Waals surface area contributed by atoms with Gasteiger partial charge in [0.2, 0.25) is 0 Å². The van der Waals surface area contributed by atoms with Gasteiger partial charge in [-0.05, 0) is 68.8 Å². The third-order valence-corrected chi connectivity index (χ3v) is 9.73. The predicted molar refractivity (Wildman–Crippen MR) is 174 cm³/mol. The van der Waals surface area contributed by atoms with E-state index in [4.69, 9.17) is 15.0 Å². The van der Waals surface area contributed by atoms with Crippen molar-refractivity contribution in [3.8, 4) is 33.8 Å². The van der Waals surface area contributed by atoms with Crippen molar-refractivity contribution in [3.05, 3.63) is 95.1 Å². The number of fused-ring (bicyclic) bond motifs is 7. The Hall–Kier alpha value is -3.20. The minimum atomic E-state index is -0.0333. The molecule has 1 aliphatic heterocycles. The molecule has 8 rings (SSSR count). The Labute approximate surface area is 272 Å². The Morgan fingerprint density at radius 1 is 0.698 bits per heavy atom. The Kier molecular flexibility index (Phi) is 6.58. The summed E-state index contributed by atoms with van der Waals surface area (Å²) in [6.45, 7) is 13.7. The zero-order valence-electron chi connectivity index (χ0n) is 25.3. The number of nitrogens with zero attached hydrogens (tertiary/aromatic N) is 3. The van der Waals surface area contributed by atoms with Gasteiger partial charge in [-0.15, -0.1) is 40.9 Å². The van der Waals surface area contributed by atoms with Crippen molar-refractivity contribution >= 4 is 33.6 Å². The molecule has 43 heavy (non-hydrogen) atoms. The van der Waals surface area contributed by atoms with Crippen LogP contribution in [0.5, 0.6) is 0 Å². The molecule has 3 nitrogen and oxygen atoms in total. The molecular weight excluding hydrogens is 726 g/mol. The van der Waals surface area contributed by atoms with Crippen LogP contribution in [0.2, 0.25) is 0 Å². The van der Waals surface area contributed by atoms with Crippen molar-refractivity contribution in [2.75, 3.05) is 0 Å². The fourth-order valence-electron chi connectivity index (χ4n) is 6.32. The van der Waals surface area contributed by atoms with Crippen LogP contribution in [0.25, 0.3) is 55.6 Å². The molecule has 0 unspecified atom stereocenters. The van der Waals surface area contributed by atoms with Crippen LogP contribution in [0, 0.1) is 6.07 Å². The molecule has 0 saturated carbocycles. The molecule has 0 saturated heterocycles. The summed E-state index contributed by atoms with van der Waals surface area (Å²) in [7, 11) is 0. The van der Waals surface area contributed by atoms with Gasteiger partial charge in [0.15, 0.2) is 0 Å². The molecule has 5 heteroatoms. The van der Waals surface area contributed by atoms with Crippen LogP contribution in [0.15, 0.2) is 76.7 Å². The molecule has 3 aromatic carbocycles. The molecule has 0 atom stereocenters. The van der Waals surface area contributed by atoms with E-state index >= 15 is 0 Å². The maximum Gasteiger partial charge on any atom is 2.00 e. The van der Waals surface area contributed by atoms with Crippen LogP contribution >= 0.6 is 11.8 Å². The van der Waals surface area contributed by atoms with Crippen molar-refractivity contribution in [3.63, 3.8) is 0 Å². The molecule has 2 aliphatic rings. The summed E-state index contributed by atoms with van der Waals surface area (Å²) >= 11 is 1.66. The van der Waals surface area contributed by atoms with E-state index in [0.717, 1.165) is 67.6 Å². The van der Waals surface area contributed by atoms with Crippen LogP contribution in [0.3, 0.4) is 0 Å². The Bertz CT molecular complexity index is 2090. The van der Waals surface area contributed by atoms with E-state index in [1.54, 1.807) is 11.8 Å². The Morgan fingerprint density at radius 2 is 1.30 bits per heavy atom. The molecule has 0 amide bonds. The van der Waals surface area contributed by atoms with Crippen LogP contribution < -0.4 is 4.98 Å². The average Bonchev–Trinajstić information content (AvgIpc) is 3.33. The topological polar surface area (TPSA) is 39.9 Å². The molecule has 0 N–H and O–H groups in total. The molecule has 0 fully saturated rings. The van der Waals surface area contributed by atoms with Crippen molar-refractivity contribution < 1.29 is 21.1 Å². The quantitative estimate of drug-likeness (QED) is 0.145. The second kappa shape index (κ2) is 9.91. The Morgan fingerprint density at radius 3 is 1.98 bits per heavy atom. The van der Waals surface area contributed by atoms with Crippen LogP contribution in [0.1, 0.15) is 63.8 Å². The van der Waals surface area contributed by atoms with E-state index < -0.39 is 0 Å². The minimum Gasteiger partial charge on any atom is -0.664 e. The van der Waals surface area contributed by atoms with E-state index in [1.165, 1.54) is 33.0 Å². The van der Waals surface area contributed by atoms with Crippen molar-refractivity contribution in [2.45, 2.75) is 75.1 Å². The van der Waals surface area contributed by atoms with Crippen LogP contribution in [-0.4, -0.2) is 9.97 Å². The van der Waals surface area contributed by atoms with Crippen LogP contribution in [0.4, 0.5) is 0 Å². The molecule has 4 heterocycles. The summed E-state index contributed by atoms with van der Waals surface area (Å²) in [6.07, 6.45) is 1.97. The molecule has 6 aromatic rings. The first-order valence-electron chi connectivity index (χ1n) is 14.8. The molecule has 8 bridgehead atoms. The number of benzene rings is 3. The van der Waals surface area contributed by atoms with Crippen molar-refractivity contribution in [2.24, 2.45) is 0 Å². The number of rotatable bonds is 0. The molecule has 3 aromatic heterocycles. The summed E-state index contributed by atoms with van der Waals surface area (Å²) in [4.78, 5) is 17.1. The second-order valence-electron chi connectivity index (χ2n) is 13.8. The third kappa shape index (κ3) is 4.69. The maximum absolute atomic E-state index is 5.44. The first-order chi connectivity index (χ1) is 20.0. The monoisotopic (exact) mass is 758 g/mol. The summed E-state index contributed by atoms with van der Waals surface area (Å²) in [5.74, 6) is 0. The van der Waals surface area contributed by atoms with Gasteiger partial charge in [0.25, 0.3) is 0 Å². The van der Waals surface area contributed by atoms with Gasteiger partial charge in [-0.2, -0.15) is 5.52 Å². The molecule has 216 valence electrons. The first kappa shape index (κ1) is 28.6. The molecule has 0 spiro atoms. The zero-order chi connectivity index (χ0) is 29.0. The van der Waals surface area contributed by atoms with Gasteiger partial charge in [-0.25, -0.2) is 9.97 Å². The van der Waals surface area contributed by atoms with Gasteiger partial charge in [0.05, 0.1) is 22.1 Å². The second-order valence-corrected chi connectivity index (χ2v) is 14.9. The minimum absolute atomic E-state index is 0. The predicted octanol–water partition coefficient (Wildman–Crippen LogP) is 9.70. The van der Waals surface area contributed by atoms with Gasteiger partial charge < -0.3 is 4.98 Å². The number of pyridine rings is 2. The summed E-state index contributed by atoms with van der Waals surface area (Å²) < 4.78 is 0. The van der Waals surface area contributed by atoms with Crippen molar-refractivity contribution in [1.29, 1.82) is 0 Å². The number of hydrogen-bond donors (Lipinski definition) is 0.